The van der Waals surface area contributed by atoms with E-state index in [1.54, 1.807) is 0 Å². The molecule has 82 valence electrons. The van der Waals surface area contributed by atoms with Crippen molar-refractivity contribution in [3.63, 3.8) is 0 Å². The van der Waals surface area contributed by atoms with Crippen molar-refractivity contribution in [2.45, 2.75) is 37.0 Å². The minimum absolute atomic E-state index is 0.285. The Morgan fingerprint density at radius 3 is 2.36 bits per heavy atom. The number of rotatable bonds is 2. The minimum Gasteiger partial charge on any atom is -0.269 e. The molecule has 0 aromatic carbocycles. The van der Waals surface area contributed by atoms with Crippen LogP contribution in [-0.2, 0) is 9.73 Å². The molecule has 2 fully saturated rings. The van der Waals surface area contributed by atoms with Crippen molar-refractivity contribution in [2.75, 3.05) is 19.3 Å². The zero-order valence-electron chi connectivity index (χ0n) is 8.69. The van der Waals surface area contributed by atoms with Gasteiger partial charge in [0.2, 0.25) is 0 Å². The molecule has 0 amide bonds. The highest BCUT2D eigenvalue weighted by molar-refractivity contribution is 7.93. The molecule has 1 aliphatic heterocycles. The molecular formula is C9H19N3OS. The molecular weight excluding hydrogens is 198 g/mol. The van der Waals surface area contributed by atoms with Crippen LogP contribution >= 0.6 is 0 Å². The van der Waals surface area contributed by atoms with Gasteiger partial charge in [-0.25, -0.2) is 13.6 Å². The maximum Gasteiger partial charge on any atom is 0.0619 e. The van der Waals surface area contributed by atoms with Crippen molar-refractivity contribution >= 4 is 9.73 Å². The van der Waals surface area contributed by atoms with Gasteiger partial charge >= 0.3 is 0 Å². The fourth-order valence-corrected chi connectivity index (χ4v) is 3.86. The van der Waals surface area contributed by atoms with Crippen LogP contribution in [0.1, 0.15) is 25.7 Å². The molecule has 2 aliphatic rings. The maximum absolute atomic E-state index is 12.1. The average molecular weight is 217 g/mol. The van der Waals surface area contributed by atoms with E-state index in [0.717, 1.165) is 38.8 Å². The van der Waals surface area contributed by atoms with Gasteiger partial charge in [-0.15, -0.1) is 0 Å². The Bertz CT molecular complexity index is 310. The fourth-order valence-electron chi connectivity index (χ4n) is 1.88. The second kappa shape index (κ2) is 3.79. The summed E-state index contributed by atoms with van der Waals surface area (Å²) in [6, 6.07) is 0.285. The van der Waals surface area contributed by atoms with Gasteiger partial charge < -0.3 is 0 Å². The Morgan fingerprint density at radius 1 is 1.29 bits per heavy atom. The molecule has 0 bridgehead atoms. The van der Waals surface area contributed by atoms with E-state index in [1.165, 1.54) is 0 Å². The number of hydrogen-bond donors (Lipinski definition) is 1. The summed E-state index contributed by atoms with van der Waals surface area (Å²) in [6.45, 7) is 1.77. The minimum atomic E-state index is -1.89. The van der Waals surface area contributed by atoms with E-state index in [0.29, 0.717) is 5.25 Å². The lowest BCUT2D eigenvalue weighted by molar-refractivity contribution is 0.219. The van der Waals surface area contributed by atoms with Gasteiger partial charge in [0.25, 0.3) is 0 Å². The molecule has 2 rings (SSSR count). The van der Waals surface area contributed by atoms with Crippen LogP contribution in [0.15, 0.2) is 4.36 Å². The number of nitrogens with two attached hydrogens (primary N) is 1. The van der Waals surface area contributed by atoms with Gasteiger partial charge in [-0.1, -0.05) is 0 Å². The second-order valence-electron chi connectivity index (χ2n) is 4.43. The predicted octanol–water partition coefficient (Wildman–Crippen LogP) is 0.585. The highest BCUT2D eigenvalue weighted by Crippen LogP contribution is 2.30. The van der Waals surface area contributed by atoms with Gasteiger partial charge in [0.05, 0.1) is 6.04 Å². The van der Waals surface area contributed by atoms with Crippen LogP contribution in [0, 0.1) is 0 Å². The predicted molar refractivity (Wildman–Crippen MR) is 58.3 cm³/mol. The summed E-state index contributed by atoms with van der Waals surface area (Å²) in [5.41, 5.74) is 0. The van der Waals surface area contributed by atoms with Crippen LogP contribution in [0.2, 0.25) is 0 Å². The summed E-state index contributed by atoms with van der Waals surface area (Å²) in [4.78, 5) is 0. The highest BCUT2D eigenvalue weighted by Gasteiger charge is 2.31. The molecule has 0 spiro atoms. The number of nitrogens with zero attached hydrogens (tertiary/aromatic N) is 2. The first kappa shape index (κ1) is 10.4. The number of hydrogen-bond acceptors (Lipinski definition) is 4. The first-order valence-electron chi connectivity index (χ1n) is 5.28. The number of hydrazine groups is 1. The van der Waals surface area contributed by atoms with E-state index in [2.05, 4.69) is 4.36 Å². The average Bonchev–Trinajstić information content (AvgIpc) is 2.91. The van der Waals surface area contributed by atoms with E-state index >= 15 is 0 Å². The molecule has 2 N–H and O–H groups in total. The first-order valence-corrected chi connectivity index (χ1v) is 7.26. The molecule has 0 radical (unpaired) electrons. The van der Waals surface area contributed by atoms with E-state index in [4.69, 9.17) is 5.84 Å². The highest BCUT2D eigenvalue weighted by atomic mass is 32.2. The Balaban J connectivity index is 1.99. The van der Waals surface area contributed by atoms with Gasteiger partial charge in [0, 0.05) is 34.3 Å². The van der Waals surface area contributed by atoms with Crippen LogP contribution in [0.3, 0.4) is 0 Å². The van der Waals surface area contributed by atoms with Crippen LogP contribution < -0.4 is 5.84 Å². The van der Waals surface area contributed by atoms with Gasteiger partial charge in [-0.2, -0.15) is 0 Å². The smallest absolute Gasteiger partial charge is 0.0619 e. The molecule has 14 heavy (non-hydrogen) atoms. The van der Waals surface area contributed by atoms with E-state index in [9.17, 15) is 4.21 Å². The van der Waals surface area contributed by atoms with Gasteiger partial charge in [-0.3, -0.25) is 5.84 Å². The molecule has 0 aromatic heterocycles. The van der Waals surface area contributed by atoms with E-state index < -0.39 is 9.73 Å². The van der Waals surface area contributed by atoms with Crippen molar-refractivity contribution < 1.29 is 4.21 Å². The zero-order chi connectivity index (χ0) is 10.2. The van der Waals surface area contributed by atoms with Crippen molar-refractivity contribution in [3.05, 3.63) is 0 Å². The zero-order valence-corrected chi connectivity index (χ0v) is 9.50. The van der Waals surface area contributed by atoms with E-state index in [-0.39, 0.29) is 6.04 Å². The van der Waals surface area contributed by atoms with Crippen molar-refractivity contribution in [3.8, 4) is 0 Å². The first-order chi connectivity index (χ1) is 6.58. The SMILES string of the molecule is CS(=O)(=NC1CCN(N)CC1)C1CC1. The molecule has 5 heteroatoms. The molecule has 1 atom stereocenters. The summed E-state index contributed by atoms with van der Waals surface area (Å²) in [5.74, 6) is 5.65. The normalized spacial score (nSPS) is 29.9. The topological polar surface area (TPSA) is 58.7 Å². The van der Waals surface area contributed by atoms with Gasteiger partial charge in [-0.05, 0) is 25.7 Å². The molecule has 0 aromatic rings. The lowest BCUT2D eigenvalue weighted by Gasteiger charge is -2.26. The Morgan fingerprint density at radius 2 is 1.86 bits per heavy atom. The lowest BCUT2D eigenvalue weighted by Crippen LogP contribution is -2.40. The largest absolute Gasteiger partial charge is 0.269 e. The van der Waals surface area contributed by atoms with Crippen LogP contribution in [0.4, 0.5) is 0 Å². The Kier molecular flexibility index (Phi) is 2.81. The number of piperidine rings is 1. The second-order valence-corrected chi connectivity index (χ2v) is 7.03. The maximum atomic E-state index is 12.1. The van der Waals surface area contributed by atoms with Crippen molar-refractivity contribution in [1.82, 2.24) is 5.01 Å². The summed E-state index contributed by atoms with van der Waals surface area (Å²) in [6.07, 6.45) is 5.96. The third kappa shape index (κ3) is 2.46. The van der Waals surface area contributed by atoms with Gasteiger partial charge in [0.15, 0.2) is 0 Å². The molecule has 1 heterocycles. The third-order valence-electron chi connectivity index (χ3n) is 3.00. The summed E-state index contributed by atoms with van der Waals surface area (Å²) in [5, 5.41) is 2.21. The molecule has 1 saturated heterocycles. The van der Waals surface area contributed by atoms with Crippen LogP contribution in [0.5, 0.6) is 0 Å². The fraction of sp³-hybridized carbons (Fsp3) is 1.00. The monoisotopic (exact) mass is 217 g/mol. The summed E-state index contributed by atoms with van der Waals surface area (Å²) < 4.78 is 16.6. The summed E-state index contributed by atoms with van der Waals surface area (Å²) in [7, 11) is -1.89. The molecule has 1 unspecified atom stereocenters. The van der Waals surface area contributed by atoms with Crippen LogP contribution in [-0.4, -0.2) is 39.9 Å². The standard InChI is InChI=1S/C9H19N3OS/c1-14(13,9-2-3-9)11-8-4-6-12(10)7-5-8/h8-9H,2-7,10H2,1H3. The third-order valence-corrected chi connectivity index (χ3v) is 5.43. The van der Waals surface area contributed by atoms with Crippen molar-refractivity contribution in [2.24, 2.45) is 10.2 Å². The Hall–Kier alpha value is -0.130. The Labute approximate surface area is 86.0 Å². The van der Waals surface area contributed by atoms with E-state index in [1.807, 2.05) is 11.3 Å². The molecule has 1 saturated carbocycles. The molecule has 4 nitrogen and oxygen atoms in total. The van der Waals surface area contributed by atoms with Crippen molar-refractivity contribution in [1.29, 1.82) is 0 Å². The summed E-state index contributed by atoms with van der Waals surface area (Å²) >= 11 is 0. The lowest BCUT2D eigenvalue weighted by atomic mass is 10.1. The quantitative estimate of drug-likeness (QED) is 0.689. The van der Waals surface area contributed by atoms with Gasteiger partial charge in [0.1, 0.15) is 0 Å². The molecule has 1 aliphatic carbocycles. The van der Waals surface area contributed by atoms with Crippen LogP contribution in [0.25, 0.3) is 0 Å².